The smallest absolute Gasteiger partial charge is 0.272 e. The second-order valence-corrected chi connectivity index (χ2v) is 11.8. The summed E-state index contributed by atoms with van der Waals surface area (Å²) in [6.45, 7) is 0. The van der Waals surface area contributed by atoms with Gasteiger partial charge < -0.3 is 15.4 Å². The van der Waals surface area contributed by atoms with Crippen LogP contribution >= 0.6 is 11.8 Å². The number of anilines is 1. The number of para-hydroxylation sites is 1. The van der Waals surface area contributed by atoms with E-state index in [9.17, 15) is 14.4 Å². The van der Waals surface area contributed by atoms with Crippen LogP contribution in [0.15, 0.2) is 114 Å². The summed E-state index contributed by atoms with van der Waals surface area (Å²) < 4.78 is 7.15. The quantitative estimate of drug-likeness (QED) is 0.134. The standard InChI is InChI=1S/C37H33N3O4S/c1-44-28-19-15-25(16-20-28)23-32(39-36(42)26-9-3-2-4-10-26)37(43)38-27-17-21-29(22-18-27)45-24-35(41)40-33-13-7-5-11-30(33)31-12-6-8-14-34(31)40/h2-5,7,9-11,13,15-23H,6,8,12,14,24H2,1H3,(H,38,43)(H,39,42)/b32-23-. The third kappa shape index (κ3) is 6.86. The minimum absolute atomic E-state index is 0.0687. The van der Waals surface area contributed by atoms with Crippen LogP contribution in [0.5, 0.6) is 5.75 Å². The molecule has 0 saturated carbocycles. The van der Waals surface area contributed by atoms with E-state index >= 15 is 0 Å². The molecular formula is C37H33N3O4S. The van der Waals surface area contributed by atoms with Crippen LogP contribution in [0.3, 0.4) is 0 Å². The number of benzene rings is 4. The Kier molecular flexibility index (Phi) is 9.12. The van der Waals surface area contributed by atoms with Gasteiger partial charge in [-0.05, 0) is 97.5 Å². The molecular weight excluding hydrogens is 582 g/mol. The number of fused-ring (bicyclic) bond motifs is 3. The number of carbonyl (C=O) groups excluding carboxylic acids is 3. The molecule has 5 aromatic rings. The SMILES string of the molecule is COc1ccc(/C=C(\NC(=O)c2ccccc2)C(=O)Nc2ccc(SCC(=O)n3c4c(c5ccccc53)CCCC4)cc2)cc1. The van der Waals surface area contributed by atoms with E-state index in [1.807, 2.05) is 41.0 Å². The Labute approximate surface area is 266 Å². The number of hydrogen-bond donors (Lipinski definition) is 2. The lowest BCUT2D eigenvalue weighted by molar-refractivity contribution is -0.113. The van der Waals surface area contributed by atoms with Crippen molar-refractivity contribution < 1.29 is 19.1 Å². The van der Waals surface area contributed by atoms with Gasteiger partial charge in [-0.1, -0.05) is 48.5 Å². The van der Waals surface area contributed by atoms with Crippen molar-refractivity contribution in [3.05, 3.63) is 131 Å². The van der Waals surface area contributed by atoms with Gasteiger partial charge in [0.05, 0.1) is 18.4 Å². The lowest BCUT2D eigenvalue weighted by Crippen LogP contribution is -2.30. The molecule has 2 N–H and O–H groups in total. The van der Waals surface area contributed by atoms with Crippen molar-refractivity contribution in [2.75, 3.05) is 18.2 Å². The Hall–Kier alpha value is -5.08. The molecule has 7 nitrogen and oxygen atoms in total. The molecule has 1 aliphatic rings. The van der Waals surface area contributed by atoms with Gasteiger partial charge in [-0.15, -0.1) is 11.8 Å². The van der Waals surface area contributed by atoms with Crippen LogP contribution in [-0.4, -0.2) is 35.2 Å². The van der Waals surface area contributed by atoms with Gasteiger partial charge in [0.2, 0.25) is 5.91 Å². The Morgan fingerprint density at radius 3 is 2.31 bits per heavy atom. The Morgan fingerprint density at radius 2 is 1.56 bits per heavy atom. The number of rotatable bonds is 9. The molecule has 0 unspecified atom stereocenters. The molecule has 0 saturated heterocycles. The molecule has 0 radical (unpaired) electrons. The van der Waals surface area contributed by atoms with Gasteiger partial charge in [-0.3, -0.25) is 19.0 Å². The Balaban J connectivity index is 1.14. The first kappa shape index (κ1) is 30.0. The molecule has 1 heterocycles. The fourth-order valence-corrected chi connectivity index (χ4v) is 6.38. The number of hydrogen-bond acceptors (Lipinski definition) is 5. The average molecular weight is 616 g/mol. The molecule has 226 valence electrons. The van der Waals surface area contributed by atoms with Gasteiger partial charge in [0.15, 0.2) is 0 Å². The van der Waals surface area contributed by atoms with Crippen molar-refractivity contribution in [2.45, 2.75) is 30.6 Å². The normalized spacial score (nSPS) is 12.8. The highest BCUT2D eigenvalue weighted by atomic mass is 32.2. The molecule has 1 aromatic heterocycles. The lowest BCUT2D eigenvalue weighted by atomic mass is 9.96. The fourth-order valence-electron chi connectivity index (χ4n) is 5.63. The Bertz CT molecular complexity index is 1880. The summed E-state index contributed by atoms with van der Waals surface area (Å²) in [5.41, 5.74) is 5.29. The first-order chi connectivity index (χ1) is 22.0. The van der Waals surface area contributed by atoms with E-state index in [0.29, 0.717) is 22.8 Å². The maximum atomic E-state index is 13.5. The highest BCUT2D eigenvalue weighted by Gasteiger charge is 2.23. The van der Waals surface area contributed by atoms with Crippen molar-refractivity contribution in [2.24, 2.45) is 0 Å². The summed E-state index contributed by atoms with van der Waals surface area (Å²) in [5, 5.41) is 6.83. The number of thioether (sulfide) groups is 1. The number of nitrogens with zero attached hydrogens (tertiary/aromatic N) is 1. The summed E-state index contributed by atoms with van der Waals surface area (Å²) in [6.07, 6.45) is 5.82. The van der Waals surface area contributed by atoms with E-state index in [0.717, 1.165) is 47.4 Å². The van der Waals surface area contributed by atoms with Crippen molar-refractivity contribution in [1.82, 2.24) is 9.88 Å². The summed E-state index contributed by atoms with van der Waals surface area (Å²) >= 11 is 1.47. The van der Waals surface area contributed by atoms with Crippen LogP contribution in [0, 0.1) is 0 Å². The fraction of sp³-hybridized carbons (Fsp3) is 0.162. The van der Waals surface area contributed by atoms with Crippen LogP contribution in [0.25, 0.3) is 17.0 Å². The predicted molar refractivity (Wildman–Crippen MR) is 180 cm³/mol. The number of nitrogens with one attached hydrogen (secondary N) is 2. The van der Waals surface area contributed by atoms with Crippen molar-refractivity contribution in [3.8, 4) is 5.75 Å². The monoisotopic (exact) mass is 615 g/mol. The third-order valence-corrected chi connectivity index (χ3v) is 8.85. The van der Waals surface area contributed by atoms with E-state index in [-0.39, 0.29) is 11.6 Å². The molecule has 0 spiro atoms. The molecule has 0 aliphatic heterocycles. The van der Waals surface area contributed by atoms with E-state index in [1.54, 1.807) is 73.8 Å². The van der Waals surface area contributed by atoms with E-state index in [4.69, 9.17) is 4.74 Å². The zero-order valence-electron chi connectivity index (χ0n) is 24.9. The minimum atomic E-state index is -0.463. The molecule has 45 heavy (non-hydrogen) atoms. The van der Waals surface area contributed by atoms with Crippen molar-refractivity contribution in [1.29, 1.82) is 0 Å². The largest absolute Gasteiger partial charge is 0.497 e. The van der Waals surface area contributed by atoms with Gasteiger partial charge in [0, 0.05) is 27.2 Å². The van der Waals surface area contributed by atoms with Crippen molar-refractivity contribution >= 4 is 52.1 Å². The van der Waals surface area contributed by atoms with Crippen LogP contribution in [0.1, 0.15) is 44.8 Å². The molecule has 8 heteroatoms. The summed E-state index contributed by atoms with van der Waals surface area (Å²) in [4.78, 5) is 40.7. The third-order valence-electron chi connectivity index (χ3n) is 7.86. The Morgan fingerprint density at radius 1 is 0.844 bits per heavy atom. The highest BCUT2D eigenvalue weighted by molar-refractivity contribution is 8.00. The number of aromatic nitrogens is 1. The molecule has 0 bridgehead atoms. The lowest BCUT2D eigenvalue weighted by Gasteiger charge is -2.15. The summed E-state index contributed by atoms with van der Waals surface area (Å²) in [5.74, 6) is 0.205. The van der Waals surface area contributed by atoms with Gasteiger partial charge in [0.1, 0.15) is 11.4 Å². The second-order valence-electron chi connectivity index (χ2n) is 10.8. The average Bonchev–Trinajstić information content (AvgIpc) is 3.43. The zero-order valence-corrected chi connectivity index (χ0v) is 25.7. The van der Waals surface area contributed by atoms with Gasteiger partial charge in [0.25, 0.3) is 11.8 Å². The van der Waals surface area contributed by atoms with Gasteiger partial charge in [-0.2, -0.15) is 0 Å². The van der Waals surface area contributed by atoms with E-state index in [1.165, 1.54) is 22.7 Å². The first-order valence-electron chi connectivity index (χ1n) is 14.9. The van der Waals surface area contributed by atoms with E-state index < -0.39 is 11.8 Å². The summed E-state index contributed by atoms with van der Waals surface area (Å²) in [7, 11) is 1.59. The number of ether oxygens (including phenoxy) is 1. The first-order valence-corrected chi connectivity index (χ1v) is 15.9. The zero-order chi connectivity index (χ0) is 31.2. The molecule has 0 atom stereocenters. The number of methoxy groups -OCH3 is 1. The molecule has 2 amide bonds. The molecule has 6 rings (SSSR count). The van der Waals surface area contributed by atoms with Crippen LogP contribution in [0.4, 0.5) is 5.69 Å². The van der Waals surface area contributed by atoms with Crippen LogP contribution in [-0.2, 0) is 17.6 Å². The van der Waals surface area contributed by atoms with Crippen molar-refractivity contribution in [3.63, 3.8) is 0 Å². The predicted octanol–water partition coefficient (Wildman–Crippen LogP) is 7.37. The number of carbonyl (C=O) groups is 3. The van der Waals surface area contributed by atoms with Crippen LogP contribution in [0.2, 0.25) is 0 Å². The summed E-state index contributed by atoms with van der Waals surface area (Å²) in [6, 6.07) is 31.4. The topological polar surface area (TPSA) is 89.4 Å². The molecule has 1 aliphatic carbocycles. The second kappa shape index (κ2) is 13.7. The van der Waals surface area contributed by atoms with Crippen LogP contribution < -0.4 is 15.4 Å². The van der Waals surface area contributed by atoms with Gasteiger partial charge >= 0.3 is 0 Å². The maximum absolute atomic E-state index is 13.5. The van der Waals surface area contributed by atoms with E-state index in [2.05, 4.69) is 16.7 Å². The maximum Gasteiger partial charge on any atom is 0.272 e. The molecule has 4 aromatic carbocycles. The highest BCUT2D eigenvalue weighted by Crippen LogP contribution is 2.33. The molecule has 0 fully saturated rings. The minimum Gasteiger partial charge on any atom is -0.497 e. The number of amides is 2. The van der Waals surface area contributed by atoms with Gasteiger partial charge in [-0.25, -0.2) is 0 Å². The number of aryl methyl sites for hydroxylation is 1.